The number of rotatable bonds is 4. The van der Waals surface area contributed by atoms with Crippen LogP contribution in [0.5, 0.6) is 5.88 Å². The summed E-state index contributed by atoms with van der Waals surface area (Å²) in [5.41, 5.74) is 4.60. The molecule has 3 aromatic rings. The Morgan fingerprint density at radius 3 is 2.64 bits per heavy atom. The van der Waals surface area contributed by atoms with Gasteiger partial charge in [0.1, 0.15) is 5.82 Å². The van der Waals surface area contributed by atoms with Gasteiger partial charge in [0, 0.05) is 22.7 Å². The summed E-state index contributed by atoms with van der Waals surface area (Å²) < 4.78 is 46.6. The highest BCUT2D eigenvalue weighted by Crippen LogP contribution is 2.43. The first-order valence-corrected chi connectivity index (χ1v) is 8.23. The van der Waals surface area contributed by atoms with Gasteiger partial charge >= 0.3 is 6.18 Å². The molecule has 0 fully saturated rings. The van der Waals surface area contributed by atoms with Crippen LogP contribution in [0, 0.1) is 0 Å². The van der Waals surface area contributed by atoms with E-state index in [-0.39, 0.29) is 34.6 Å². The zero-order valence-corrected chi connectivity index (χ0v) is 14.3. The highest BCUT2D eigenvalue weighted by atomic mass is 35.5. The van der Waals surface area contributed by atoms with Crippen LogP contribution in [-0.2, 0) is 6.18 Å². The van der Waals surface area contributed by atoms with Crippen LogP contribution in [0.15, 0.2) is 23.8 Å². The maximum Gasteiger partial charge on any atom is 0.435 e. The van der Waals surface area contributed by atoms with E-state index in [2.05, 4.69) is 15.1 Å². The number of ether oxygens (including phenoxy) is 1. The van der Waals surface area contributed by atoms with Gasteiger partial charge in [0.25, 0.3) is 5.88 Å². The molecule has 132 valence electrons. The van der Waals surface area contributed by atoms with E-state index < -0.39 is 11.9 Å². The first-order chi connectivity index (χ1) is 11.8. The molecule has 3 rings (SSSR count). The minimum Gasteiger partial charge on any atom is -0.475 e. The average Bonchev–Trinajstić information content (AvgIpc) is 3.11. The van der Waals surface area contributed by atoms with Gasteiger partial charge in [0.2, 0.25) is 5.82 Å². The van der Waals surface area contributed by atoms with Crippen LogP contribution in [0.2, 0.25) is 5.02 Å². The molecule has 0 saturated heterocycles. The molecule has 0 aromatic carbocycles. The molecular weight excluding hydrogens is 379 g/mol. The number of hydrogen-bond donors (Lipinski definition) is 1. The Kier molecular flexibility index (Phi) is 4.56. The fourth-order valence-electron chi connectivity index (χ4n) is 2.18. The molecule has 0 radical (unpaired) electrons. The molecule has 0 saturated carbocycles. The van der Waals surface area contributed by atoms with Gasteiger partial charge in [-0.25, -0.2) is 9.97 Å². The molecule has 0 aliphatic carbocycles. The zero-order chi connectivity index (χ0) is 18.2. The number of aromatic nitrogens is 4. The van der Waals surface area contributed by atoms with Crippen LogP contribution < -0.4 is 10.5 Å². The van der Waals surface area contributed by atoms with Gasteiger partial charge in [0.15, 0.2) is 5.69 Å². The van der Waals surface area contributed by atoms with Crippen molar-refractivity contribution >= 4 is 28.8 Å². The number of thiophene rings is 1. The lowest BCUT2D eigenvalue weighted by Gasteiger charge is -2.08. The smallest absolute Gasteiger partial charge is 0.435 e. The molecule has 0 amide bonds. The Morgan fingerprint density at radius 2 is 2.04 bits per heavy atom. The van der Waals surface area contributed by atoms with E-state index in [1.807, 2.05) is 0 Å². The van der Waals surface area contributed by atoms with Crippen LogP contribution >= 0.6 is 22.9 Å². The summed E-state index contributed by atoms with van der Waals surface area (Å²) in [5.74, 6) is -0.225. The van der Waals surface area contributed by atoms with Crippen LogP contribution in [0.3, 0.4) is 0 Å². The van der Waals surface area contributed by atoms with Gasteiger partial charge in [-0.2, -0.15) is 23.0 Å². The monoisotopic (exact) mass is 389 g/mol. The molecule has 0 atom stereocenters. The molecule has 0 bridgehead atoms. The summed E-state index contributed by atoms with van der Waals surface area (Å²) in [5, 5.41) is 5.46. The third-order valence-corrected chi connectivity index (χ3v) is 4.43. The second-order valence-electron chi connectivity index (χ2n) is 4.77. The summed E-state index contributed by atoms with van der Waals surface area (Å²) in [4.78, 5) is 8.22. The molecule has 2 N–H and O–H groups in total. The largest absolute Gasteiger partial charge is 0.475 e. The standard InChI is InChI=1S/C14H11ClF3N5OS/c1-2-24-13-12(20-3-4-21-13)23-11(19)9(8-5-7(15)6-25-8)10(22-23)14(16,17)18/h3-6H,2,19H2,1H3. The average molecular weight is 390 g/mol. The van der Waals surface area contributed by atoms with E-state index in [9.17, 15) is 13.2 Å². The quantitative estimate of drug-likeness (QED) is 0.728. The van der Waals surface area contributed by atoms with E-state index in [0.717, 1.165) is 16.0 Å². The van der Waals surface area contributed by atoms with Crippen molar-refractivity contribution in [3.63, 3.8) is 0 Å². The maximum absolute atomic E-state index is 13.5. The molecule has 3 heterocycles. The normalized spacial score (nSPS) is 11.7. The molecule has 0 aliphatic heterocycles. The molecule has 11 heteroatoms. The van der Waals surface area contributed by atoms with E-state index in [1.54, 1.807) is 6.92 Å². The van der Waals surface area contributed by atoms with Gasteiger partial charge in [-0.05, 0) is 13.0 Å². The van der Waals surface area contributed by atoms with Gasteiger partial charge < -0.3 is 10.5 Å². The number of alkyl halides is 3. The van der Waals surface area contributed by atoms with Crippen LogP contribution in [0.25, 0.3) is 16.3 Å². The van der Waals surface area contributed by atoms with E-state index in [4.69, 9.17) is 22.1 Å². The Balaban J connectivity index is 2.25. The molecule has 0 unspecified atom stereocenters. The highest BCUT2D eigenvalue weighted by molar-refractivity contribution is 7.14. The van der Waals surface area contributed by atoms with E-state index >= 15 is 0 Å². The minimum atomic E-state index is -4.71. The van der Waals surface area contributed by atoms with Gasteiger partial charge in [-0.1, -0.05) is 11.6 Å². The van der Waals surface area contributed by atoms with Crippen molar-refractivity contribution < 1.29 is 17.9 Å². The third-order valence-electron chi connectivity index (χ3n) is 3.13. The summed E-state index contributed by atoms with van der Waals surface area (Å²) in [6.07, 6.45) is -2.04. The Hall–Kier alpha value is -2.33. The summed E-state index contributed by atoms with van der Waals surface area (Å²) in [6.45, 7) is 1.97. The predicted octanol–water partition coefficient (Wildman–Crippen LogP) is 4.04. The zero-order valence-electron chi connectivity index (χ0n) is 12.7. The van der Waals surface area contributed by atoms with Gasteiger partial charge in [-0.3, -0.25) is 0 Å². The molecule has 6 nitrogen and oxygen atoms in total. The number of nitrogens with zero attached hydrogens (tertiary/aromatic N) is 4. The second-order valence-corrected chi connectivity index (χ2v) is 6.11. The number of halogens is 4. The minimum absolute atomic E-state index is 0.0266. The van der Waals surface area contributed by atoms with Crippen LogP contribution in [-0.4, -0.2) is 26.4 Å². The van der Waals surface area contributed by atoms with Crippen molar-refractivity contribution in [3.05, 3.63) is 34.6 Å². The maximum atomic E-state index is 13.5. The SMILES string of the molecule is CCOc1nccnc1-n1nc(C(F)(F)F)c(-c2cc(Cl)cs2)c1N. The molecular formula is C14H11ClF3N5OS. The van der Waals surface area contributed by atoms with Crippen molar-refractivity contribution in [1.82, 2.24) is 19.7 Å². The van der Waals surface area contributed by atoms with Gasteiger partial charge in [0.05, 0.1) is 17.2 Å². The molecule has 0 spiro atoms. The van der Waals surface area contributed by atoms with E-state index in [0.29, 0.717) is 5.02 Å². The fourth-order valence-corrected chi connectivity index (χ4v) is 3.31. The van der Waals surface area contributed by atoms with Crippen LogP contribution in [0.4, 0.5) is 19.0 Å². The molecule has 25 heavy (non-hydrogen) atoms. The lowest BCUT2D eigenvalue weighted by Crippen LogP contribution is -2.10. The lowest BCUT2D eigenvalue weighted by atomic mass is 10.2. The van der Waals surface area contributed by atoms with Crippen molar-refractivity contribution in [2.75, 3.05) is 12.3 Å². The summed E-state index contributed by atoms with van der Waals surface area (Å²) in [7, 11) is 0. The topological polar surface area (TPSA) is 78.9 Å². The number of nitrogens with two attached hydrogens (primary N) is 1. The summed E-state index contributed by atoms with van der Waals surface area (Å²) >= 11 is 6.88. The van der Waals surface area contributed by atoms with E-state index in [1.165, 1.54) is 23.8 Å². The predicted molar refractivity (Wildman–Crippen MR) is 88.1 cm³/mol. The Bertz CT molecular complexity index is 908. The first-order valence-electron chi connectivity index (χ1n) is 6.97. The van der Waals surface area contributed by atoms with Crippen molar-refractivity contribution in [2.45, 2.75) is 13.1 Å². The number of anilines is 1. The first kappa shape index (κ1) is 17.5. The van der Waals surface area contributed by atoms with Crippen molar-refractivity contribution in [1.29, 1.82) is 0 Å². The number of nitrogen functional groups attached to an aromatic ring is 1. The summed E-state index contributed by atoms with van der Waals surface area (Å²) in [6, 6.07) is 1.40. The molecule has 3 aromatic heterocycles. The third kappa shape index (κ3) is 3.27. The van der Waals surface area contributed by atoms with Gasteiger partial charge in [-0.15, -0.1) is 11.3 Å². The Morgan fingerprint density at radius 1 is 1.32 bits per heavy atom. The van der Waals surface area contributed by atoms with Crippen LogP contribution in [0.1, 0.15) is 12.6 Å². The second kappa shape index (κ2) is 6.52. The highest BCUT2D eigenvalue weighted by Gasteiger charge is 2.40. The fraction of sp³-hybridized carbons (Fsp3) is 0.214. The molecule has 0 aliphatic rings. The lowest BCUT2D eigenvalue weighted by molar-refractivity contribution is -0.140. The Labute approximate surface area is 149 Å². The number of hydrogen-bond acceptors (Lipinski definition) is 6. The van der Waals surface area contributed by atoms with Crippen molar-refractivity contribution in [3.8, 4) is 22.1 Å². The van der Waals surface area contributed by atoms with Crippen molar-refractivity contribution in [2.24, 2.45) is 0 Å².